The smallest absolute Gasteiger partial charge is 0.335 e. The van der Waals surface area contributed by atoms with Gasteiger partial charge >= 0.3 is 5.97 Å². The van der Waals surface area contributed by atoms with Crippen LogP contribution in [0.5, 0.6) is 11.5 Å². The highest BCUT2D eigenvalue weighted by molar-refractivity contribution is 5.89. The lowest BCUT2D eigenvalue weighted by molar-refractivity contribution is 0.0696. The van der Waals surface area contributed by atoms with E-state index in [0.717, 1.165) is 41.6 Å². The number of carboxylic acid groups (broad SMARTS) is 1. The highest BCUT2D eigenvalue weighted by Crippen LogP contribution is 2.49. The van der Waals surface area contributed by atoms with Crippen LogP contribution in [0.3, 0.4) is 0 Å². The van der Waals surface area contributed by atoms with Crippen molar-refractivity contribution in [3.05, 3.63) is 82.4 Å². The average Bonchev–Trinajstić information content (AvgIpc) is 2.74. The molecule has 30 heavy (non-hydrogen) atoms. The fraction of sp³-hybridized carbons (Fsp3) is 0.240. The van der Waals surface area contributed by atoms with Crippen molar-refractivity contribution in [3.8, 4) is 22.6 Å². The number of rotatable bonds is 1. The summed E-state index contributed by atoms with van der Waals surface area (Å²) in [4.78, 5) is 12.8. The third-order valence-electron chi connectivity index (χ3n) is 6.10. The number of aromatic hydroxyl groups is 2. The maximum absolute atomic E-state index is 10.4. The van der Waals surface area contributed by atoms with Crippen molar-refractivity contribution >= 4 is 5.97 Å². The molecular formula is C25H25NO4. The minimum absolute atomic E-state index is 0.0163. The number of aryl methyl sites for hydroxylation is 1. The molecule has 5 heteroatoms. The van der Waals surface area contributed by atoms with Crippen molar-refractivity contribution in [2.45, 2.75) is 25.8 Å². The Kier molecular flexibility index (Phi) is 5.22. The van der Waals surface area contributed by atoms with E-state index in [1.165, 1.54) is 11.1 Å². The first-order valence-electron chi connectivity index (χ1n) is 10.0. The molecule has 0 unspecified atom stereocenters. The fourth-order valence-electron chi connectivity index (χ4n) is 4.49. The second-order valence-electron chi connectivity index (χ2n) is 7.92. The summed E-state index contributed by atoms with van der Waals surface area (Å²) in [5.74, 6) is -0.885. The number of fused-ring (bicyclic) bond motifs is 2. The number of carboxylic acids is 1. The summed E-state index contributed by atoms with van der Waals surface area (Å²) >= 11 is 0. The number of aromatic carboxylic acids is 1. The quantitative estimate of drug-likeness (QED) is 0.520. The van der Waals surface area contributed by atoms with E-state index in [4.69, 9.17) is 5.11 Å². The van der Waals surface area contributed by atoms with Gasteiger partial charge in [0.2, 0.25) is 0 Å². The number of phenolic OH excluding ortho intramolecular Hbond substituents is 2. The van der Waals surface area contributed by atoms with E-state index < -0.39 is 5.97 Å². The average molecular weight is 403 g/mol. The van der Waals surface area contributed by atoms with Gasteiger partial charge in [0.15, 0.2) is 11.5 Å². The van der Waals surface area contributed by atoms with Gasteiger partial charge in [0.05, 0.1) is 5.56 Å². The summed E-state index contributed by atoms with van der Waals surface area (Å²) < 4.78 is 0. The number of hydrogen-bond acceptors (Lipinski definition) is 4. The Morgan fingerprint density at radius 1 is 1.00 bits per heavy atom. The van der Waals surface area contributed by atoms with Crippen LogP contribution in [0.4, 0.5) is 0 Å². The first-order chi connectivity index (χ1) is 14.4. The van der Waals surface area contributed by atoms with Gasteiger partial charge in [-0.3, -0.25) is 4.90 Å². The van der Waals surface area contributed by atoms with Crippen LogP contribution in [0.2, 0.25) is 0 Å². The lowest BCUT2D eigenvalue weighted by Gasteiger charge is -2.39. The third-order valence-corrected chi connectivity index (χ3v) is 6.10. The van der Waals surface area contributed by atoms with Crippen LogP contribution >= 0.6 is 0 Å². The molecule has 0 saturated carbocycles. The van der Waals surface area contributed by atoms with Crippen LogP contribution in [0.25, 0.3) is 11.1 Å². The molecule has 5 rings (SSSR count). The van der Waals surface area contributed by atoms with Crippen molar-refractivity contribution in [2.75, 3.05) is 13.6 Å². The monoisotopic (exact) mass is 403 g/mol. The number of phenols is 2. The fourth-order valence-corrected chi connectivity index (χ4v) is 4.49. The topological polar surface area (TPSA) is 81.0 Å². The molecule has 0 aromatic heterocycles. The zero-order valence-corrected chi connectivity index (χ0v) is 17.1. The van der Waals surface area contributed by atoms with Gasteiger partial charge in [-0.15, -0.1) is 0 Å². The SMILES string of the molecule is CN1CCc2cccc3c2[C@H]1Cc1ccc(O)c(O)c1-3.Cc1ccccc1C(=O)O. The molecule has 3 aromatic rings. The Morgan fingerprint density at radius 2 is 1.77 bits per heavy atom. The van der Waals surface area contributed by atoms with Crippen molar-refractivity contribution in [1.29, 1.82) is 0 Å². The third kappa shape index (κ3) is 3.42. The molecule has 0 amide bonds. The van der Waals surface area contributed by atoms with Crippen LogP contribution in [0.1, 0.15) is 38.7 Å². The van der Waals surface area contributed by atoms with E-state index in [1.54, 1.807) is 31.2 Å². The molecule has 0 saturated heterocycles. The lowest BCUT2D eigenvalue weighted by atomic mass is 9.77. The van der Waals surface area contributed by atoms with E-state index in [9.17, 15) is 15.0 Å². The van der Waals surface area contributed by atoms with Crippen LogP contribution < -0.4 is 0 Å². The largest absolute Gasteiger partial charge is 0.504 e. The molecule has 2 aliphatic rings. The molecule has 1 atom stereocenters. The molecule has 0 spiro atoms. The molecule has 154 valence electrons. The van der Waals surface area contributed by atoms with Gasteiger partial charge in [0.25, 0.3) is 0 Å². The molecule has 1 aliphatic heterocycles. The Hall–Kier alpha value is -3.31. The summed E-state index contributed by atoms with van der Waals surface area (Å²) in [5.41, 5.74) is 6.89. The Balaban J connectivity index is 0.000000185. The van der Waals surface area contributed by atoms with Crippen molar-refractivity contribution in [2.24, 2.45) is 0 Å². The van der Waals surface area contributed by atoms with Crippen LogP contribution in [-0.4, -0.2) is 39.8 Å². The summed E-state index contributed by atoms with van der Waals surface area (Å²) in [6.45, 7) is 2.85. The number of nitrogens with zero attached hydrogens (tertiary/aromatic N) is 1. The second-order valence-corrected chi connectivity index (χ2v) is 7.92. The first kappa shape index (κ1) is 20.0. The molecule has 1 aliphatic carbocycles. The van der Waals surface area contributed by atoms with Gasteiger partial charge in [-0.05, 0) is 66.8 Å². The lowest BCUT2D eigenvalue weighted by Crippen LogP contribution is -2.35. The maximum Gasteiger partial charge on any atom is 0.335 e. The molecule has 3 aromatic carbocycles. The molecular weight excluding hydrogens is 378 g/mol. The van der Waals surface area contributed by atoms with Gasteiger partial charge in [-0.25, -0.2) is 4.79 Å². The zero-order chi connectivity index (χ0) is 21.4. The number of carbonyl (C=O) groups is 1. The van der Waals surface area contributed by atoms with Gasteiger partial charge in [-0.1, -0.05) is 42.5 Å². The maximum atomic E-state index is 10.4. The van der Waals surface area contributed by atoms with Crippen molar-refractivity contribution in [1.82, 2.24) is 4.90 Å². The molecule has 0 bridgehead atoms. The Labute approximate surface area is 175 Å². The van der Waals surface area contributed by atoms with Crippen molar-refractivity contribution in [3.63, 3.8) is 0 Å². The zero-order valence-electron chi connectivity index (χ0n) is 17.1. The normalized spacial score (nSPS) is 16.7. The Morgan fingerprint density at radius 3 is 2.47 bits per heavy atom. The first-order valence-corrected chi connectivity index (χ1v) is 10.0. The molecule has 1 heterocycles. The summed E-state index contributed by atoms with van der Waals surface area (Å²) in [6.07, 6.45) is 1.94. The van der Waals surface area contributed by atoms with E-state index in [1.807, 2.05) is 12.1 Å². The van der Waals surface area contributed by atoms with Gasteiger partial charge in [0, 0.05) is 18.2 Å². The number of hydrogen-bond donors (Lipinski definition) is 3. The highest BCUT2D eigenvalue weighted by Gasteiger charge is 2.34. The van der Waals surface area contributed by atoms with E-state index in [0.29, 0.717) is 11.6 Å². The van der Waals surface area contributed by atoms with Gasteiger partial charge in [-0.2, -0.15) is 0 Å². The summed E-state index contributed by atoms with van der Waals surface area (Å²) in [7, 11) is 2.16. The second kappa shape index (κ2) is 7.84. The van der Waals surface area contributed by atoms with Crippen LogP contribution in [0.15, 0.2) is 54.6 Å². The van der Waals surface area contributed by atoms with E-state index in [-0.39, 0.29) is 11.5 Å². The highest BCUT2D eigenvalue weighted by atomic mass is 16.4. The van der Waals surface area contributed by atoms with Gasteiger partial charge < -0.3 is 15.3 Å². The molecule has 0 radical (unpaired) electrons. The van der Waals surface area contributed by atoms with Crippen molar-refractivity contribution < 1.29 is 20.1 Å². The van der Waals surface area contributed by atoms with Crippen LogP contribution in [-0.2, 0) is 12.8 Å². The van der Waals surface area contributed by atoms with E-state index in [2.05, 4.69) is 30.1 Å². The van der Waals surface area contributed by atoms with Crippen LogP contribution in [0, 0.1) is 6.92 Å². The number of likely N-dealkylation sites (N-methyl/N-ethyl adjacent to an activating group) is 1. The predicted molar refractivity (Wildman–Crippen MR) is 116 cm³/mol. The molecule has 3 N–H and O–H groups in total. The minimum Gasteiger partial charge on any atom is -0.504 e. The number of benzene rings is 3. The molecule has 0 fully saturated rings. The summed E-state index contributed by atoms with van der Waals surface area (Å²) in [5, 5.41) is 28.6. The Bertz CT molecular complexity index is 1120. The minimum atomic E-state index is -0.863. The standard InChI is InChI=1S/C17H17NO2.C8H8O2/c1-18-8-7-10-3-2-4-12-15(10)13(18)9-11-5-6-14(19)17(20)16(11)12;1-6-4-2-3-5-7(6)8(9)10/h2-6,13,19-20H,7-9H2,1H3;2-5H,1H3,(H,9,10)/t13-;/m1./s1. The molecule has 5 nitrogen and oxygen atoms in total. The summed E-state index contributed by atoms with van der Waals surface area (Å²) in [6, 6.07) is 17.1. The predicted octanol–water partition coefficient (Wildman–Crippen LogP) is 4.54. The van der Waals surface area contributed by atoms with Gasteiger partial charge in [0.1, 0.15) is 0 Å². The van der Waals surface area contributed by atoms with E-state index >= 15 is 0 Å².